The summed E-state index contributed by atoms with van der Waals surface area (Å²) in [5.74, 6) is 0.518. The zero-order valence-corrected chi connectivity index (χ0v) is 22.1. The fraction of sp³-hybridized carbons (Fsp3) is 0.643. The van der Waals surface area contributed by atoms with Gasteiger partial charge in [-0.25, -0.2) is 0 Å². The summed E-state index contributed by atoms with van der Waals surface area (Å²) >= 11 is 0. The molecule has 36 heavy (non-hydrogen) atoms. The molecule has 0 fully saturated rings. The van der Waals surface area contributed by atoms with E-state index in [2.05, 4.69) is 17.2 Å². The molecule has 2 heterocycles. The number of benzene rings is 1. The number of nitrogens with one attached hydrogen (secondary N) is 2. The van der Waals surface area contributed by atoms with Crippen molar-refractivity contribution in [2.75, 3.05) is 20.4 Å². The molecule has 2 aromatic rings. The highest BCUT2D eigenvalue weighted by atomic mass is 16.7. The average molecular weight is 502 g/mol. The van der Waals surface area contributed by atoms with Crippen LogP contribution in [0.4, 0.5) is 0 Å². The van der Waals surface area contributed by atoms with Gasteiger partial charge in [0.15, 0.2) is 11.5 Å². The summed E-state index contributed by atoms with van der Waals surface area (Å²) in [6.07, 6.45) is 12.7. The van der Waals surface area contributed by atoms with Gasteiger partial charge in [0.25, 0.3) is 5.91 Å². The summed E-state index contributed by atoms with van der Waals surface area (Å²) in [5, 5.41) is 13.7. The van der Waals surface area contributed by atoms with Gasteiger partial charge < -0.3 is 29.8 Å². The molecule has 3 N–H and O–H groups in total. The molecule has 0 aliphatic carbocycles. The molecule has 0 saturated heterocycles. The van der Waals surface area contributed by atoms with E-state index in [1.54, 1.807) is 24.1 Å². The number of carbonyl (C=O) groups excluding carboxylic acids is 2. The number of H-pyrrole nitrogens is 1. The molecule has 3 rings (SSSR count). The summed E-state index contributed by atoms with van der Waals surface area (Å²) in [5.41, 5.74) is 1.04. The molecule has 1 aromatic heterocycles. The van der Waals surface area contributed by atoms with Crippen LogP contribution < -0.4 is 14.8 Å². The number of ether oxygens (including phenoxy) is 2. The molecule has 1 aliphatic rings. The second-order valence-electron chi connectivity index (χ2n) is 9.96. The molecule has 2 amide bonds. The molecule has 200 valence electrons. The second-order valence-corrected chi connectivity index (χ2v) is 9.96. The minimum atomic E-state index is -1.02. The molecule has 0 spiro atoms. The number of amides is 2. The Morgan fingerprint density at radius 2 is 1.56 bits per heavy atom. The smallest absolute Gasteiger partial charge is 0.268 e. The predicted molar refractivity (Wildman–Crippen MR) is 141 cm³/mol. The topological polar surface area (TPSA) is 104 Å². The van der Waals surface area contributed by atoms with E-state index >= 15 is 0 Å². The molecule has 2 atom stereocenters. The maximum absolute atomic E-state index is 13.0. The lowest BCUT2D eigenvalue weighted by Gasteiger charge is -2.26. The minimum absolute atomic E-state index is 0.181. The number of aromatic amines is 1. The molecule has 0 bridgehead atoms. The summed E-state index contributed by atoms with van der Waals surface area (Å²) < 4.78 is 10.8. The Hall–Kier alpha value is -2.74. The second kappa shape index (κ2) is 14.1. The Kier molecular flexibility index (Phi) is 10.9. The number of likely N-dealkylation sites (N-methyl/N-ethyl adjacent to an activating group) is 1. The van der Waals surface area contributed by atoms with Gasteiger partial charge in [-0.2, -0.15) is 0 Å². The Morgan fingerprint density at radius 3 is 2.17 bits per heavy atom. The molecule has 0 saturated carbocycles. The summed E-state index contributed by atoms with van der Waals surface area (Å²) in [7, 11) is 1.73. The highest BCUT2D eigenvalue weighted by Crippen LogP contribution is 2.36. The molecule has 8 heteroatoms. The van der Waals surface area contributed by atoms with Crippen LogP contribution in [0.5, 0.6) is 11.5 Å². The minimum Gasteiger partial charge on any atom is -0.454 e. The molecule has 1 aromatic carbocycles. The van der Waals surface area contributed by atoms with Crippen LogP contribution in [-0.4, -0.2) is 59.3 Å². The van der Waals surface area contributed by atoms with Gasteiger partial charge in [-0.3, -0.25) is 9.59 Å². The lowest BCUT2D eigenvalue weighted by atomic mass is 10.1. The average Bonchev–Trinajstić information content (AvgIpc) is 3.49. The first-order valence-corrected chi connectivity index (χ1v) is 13.6. The summed E-state index contributed by atoms with van der Waals surface area (Å²) in [4.78, 5) is 30.5. The number of hydrogen-bond donors (Lipinski definition) is 3. The Bertz CT molecular complexity index is 946. The maximum Gasteiger partial charge on any atom is 0.268 e. The van der Waals surface area contributed by atoms with Crippen LogP contribution in [0.3, 0.4) is 0 Å². The van der Waals surface area contributed by atoms with Crippen LogP contribution in [0, 0.1) is 0 Å². The van der Waals surface area contributed by atoms with Crippen LogP contribution >= 0.6 is 0 Å². The van der Waals surface area contributed by atoms with Crippen molar-refractivity contribution >= 4 is 22.7 Å². The molecule has 0 radical (unpaired) electrons. The van der Waals surface area contributed by atoms with Crippen molar-refractivity contribution in [2.45, 2.75) is 96.6 Å². The number of aliphatic hydroxyl groups is 1. The van der Waals surface area contributed by atoms with Crippen LogP contribution in [0.25, 0.3) is 10.9 Å². The fourth-order valence-electron chi connectivity index (χ4n) is 4.61. The third-order valence-corrected chi connectivity index (χ3v) is 6.87. The van der Waals surface area contributed by atoms with Crippen LogP contribution in [0.1, 0.15) is 95.0 Å². The van der Waals surface area contributed by atoms with Crippen molar-refractivity contribution in [1.82, 2.24) is 15.2 Å². The van der Waals surface area contributed by atoms with Gasteiger partial charge in [0, 0.05) is 30.6 Å². The van der Waals surface area contributed by atoms with E-state index in [1.165, 1.54) is 64.7 Å². The monoisotopic (exact) mass is 501 g/mol. The summed E-state index contributed by atoms with van der Waals surface area (Å²) in [6.45, 7) is 4.55. The van der Waals surface area contributed by atoms with E-state index in [0.29, 0.717) is 23.7 Å². The Labute approximate surface area is 214 Å². The number of aliphatic hydroxyl groups excluding tert-OH is 1. The molecule has 0 unspecified atom stereocenters. The highest BCUT2D eigenvalue weighted by Gasteiger charge is 2.29. The molecule has 1 aliphatic heterocycles. The van der Waals surface area contributed by atoms with E-state index in [0.717, 1.165) is 23.7 Å². The van der Waals surface area contributed by atoms with Crippen molar-refractivity contribution in [3.8, 4) is 11.5 Å². The number of fused-ring (bicyclic) bond motifs is 2. The van der Waals surface area contributed by atoms with Gasteiger partial charge >= 0.3 is 0 Å². The van der Waals surface area contributed by atoms with Crippen molar-refractivity contribution in [1.29, 1.82) is 0 Å². The number of carbonyl (C=O) groups is 2. The quantitative estimate of drug-likeness (QED) is 0.276. The first kappa shape index (κ1) is 27.8. The molecule has 8 nitrogen and oxygen atoms in total. The maximum atomic E-state index is 13.0. The summed E-state index contributed by atoms with van der Waals surface area (Å²) in [6, 6.07) is 4.28. The SMILES string of the molecule is CCCCCCCCCCCCCN(C)C(=O)[C@@H](NC(=O)c1cc2cc3c(cc2[nH]1)OCO3)[C@@H](C)O. The van der Waals surface area contributed by atoms with Crippen molar-refractivity contribution in [2.24, 2.45) is 0 Å². The van der Waals surface area contributed by atoms with E-state index in [9.17, 15) is 14.7 Å². The van der Waals surface area contributed by atoms with Crippen LogP contribution in [-0.2, 0) is 4.79 Å². The van der Waals surface area contributed by atoms with E-state index in [-0.39, 0.29) is 12.7 Å². The first-order chi connectivity index (χ1) is 17.4. The number of rotatable bonds is 16. The number of hydrogen-bond acceptors (Lipinski definition) is 5. The van der Waals surface area contributed by atoms with Crippen LogP contribution in [0.15, 0.2) is 18.2 Å². The Morgan fingerprint density at radius 1 is 0.972 bits per heavy atom. The third kappa shape index (κ3) is 7.88. The van der Waals surface area contributed by atoms with Gasteiger partial charge in [0.2, 0.25) is 12.7 Å². The standard InChI is InChI=1S/C28H43N3O5/c1-4-5-6-7-8-9-10-11-12-13-14-15-31(3)28(34)26(20(2)32)30-27(33)23-16-21-17-24-25(36-19-35-24)18-22(21)29-23/h16-18,20,26,29,32H,4-15,19H2,1-3H3,(H,30,33)/t20-,26+/m1/s1. The number of nitrogens with zero attached hydrogens (tertiary/aromatic N) is 1. The normalized spacial score (nSPS) is 14.1. The predicted octanol–water partition coefficient (Wildman–Crippen LogP) is 5.15. The highest BCUT2D eigenvalue weighted by molar-refractivity contribution is 6.00. The van der Waals surface area contributed by atoms with Crippen LogP contribution in [0.2, 0.25) is 0 Å². The van der Waals surface area contributed by atoms with Crippen molar-refractivity contribution in [3.05, 3.63) is 23.9 Å². The largest absolute Gasteiger partial charge is 0.454 e. The van der Waals surface area contributed by atoms with E-state index < -0.39 is 18.1 Å². The Balaban J connectivity index is 1.40. The van der Waals surface area contributed by atoms with E-state index in [4.69, 9.17) is 9.47 Å². The zero-order valence-electron chi connectivity index (χ0n) is 22.1. The lowest BCUT2D eigenvalue weighted by molar-refractivity contribution is -0.134. The van der Waals surface area contributed by atoms with Gasteiger partial charge in [-0.1, -0.05) is 71.1 Å². The molecular weight excluding hydrogens is 458 g/mol. The first-order valence-electron chi connectivity index (χ1n) is 13.6. The van der Waals surface area contributed by atoms with Gasteiger partial charge in [0.1, 0.15) is 11.7 Å². The lowest BCUT2D eigenvalue weighted by Crippen LogP contribution is -2.53. The van der Waals surface area contributed by atoms with E-state index in [1.807, 2.05) is 6.07 Å². The zero-order chi connectivity index (χ0) is 25.9. The fourth-order valence-corrected chi connectivity index (χ4v) is 4.61. The molecular formula is C28H43N3O5. The van der Waals surface area contributed by atoms with Gasteiger partial charge in [0.05, 0.1) is 6.10 Å². The van der Waals surface area contributed by atoms with Crippen molar-refractivity contribution < 1.29 is 24.2 Å². The third-order valence-electron chi connectivity index (χ3n) is 6.87. The van der Waals surface area contributed by atoms with Gasteiger partial charge in [-0.05, 0) is 25.5 Å². The number of aromatic nitrogens is 1. The van der Waals surface area contributed by atoms with Crippen molar-refractivity contribution in [3.63, 3.8) is 0 Å². The van der Waals surface area contributed by atoms with Gasteiger partial charge in [-0.15, -0.1) is 0 Å². The number of unbranched alkanes of at least 4 members (excludes halogenated alkanes) is 10.